The predicted octanol–water partition coefficient (Wildman–Crippen LogP) is 8.50. The molecule has 0 N–H and O–H groups in total. The van der Waals surface area contributed by atoms with Crippen molar-refractivity contribution in [1.29, 1.82) is 0 Å². The van der Waals surface area contributed by atoms with E-state index in [0.29, 0.717) is 0 Å². The van der Waals surface area contributed by atoms with Gasteiger partial charge < -0.3 is 0 Å². The van der Waals surface area contributed by atoms with Crippen molar-refractivity contribution in [2.24, 2.45) is 0 Å². The Hall–Kier alpha value is -3.16. The minimum Gasteiger partial charge on any atom is -0.166 e. The molecular weight excluding hydrogens is 436 g/mol. The van der Waals surface area contributed by atoms with E-state index in [1.807, 2.05) is 0 Å². The SMILES string of the molecule is FC(F)(F)c1ccc(P2Cc3ccc4ccccc4c3-c3c(ccc4ccccc34)C2)cc1. The van der Waals surface area contributed by atoms with E-state index < -0.39 is 19.7 Å². The second kappa shape index (κ2) is 7.71. The number of benzene rings is 5. The molecule has 1 aliphatic heterocycles. The molecular formula is C29H20F3P. The van der Waals surface area contributed by atoms with Crippen LogP contribution < -0.4 is 5.30 Å². The number of halogens is 3. The van der Waals surface area contributed by atoms with Gasteiger partial charge in [-0.3, -0.25) is 0 Å². The van der Waals surface area contributed by atoms with Crippen molar-refractivity contribution in [3.05, 3.63) is 114 Å². The van der Waals surface area contributed by atoms with Crippen LogP contribution in [0, 0.1) is 0 Å². The van der Waals surface area contributed by atoms with E-state index in [2.05, 4.69) is 72.8 Å². The van der Waals surface area contributed by atoms with Crippen LogP contribution in [0.25, 0.3) is 32.7 Å². The Morgan fingerprint density at radius 3 is 1.52 bits per heavy atom. The largest absolute Gasteiger partial charge is 0.416 e. The molecule has 0 amide bonds. The number of alkyl halides is 3. The van der Waals surface area contributed by atoms with Gasteiger partial charge in [-0.05, 0) is 73.6 Å². The quantitative estimate of drug-likeness (QED) is 0.222. The van der Waals surface area contributed by atoms with E-state index in [4.69, 9.17) is 0 Å². The number of hydrogen-bond acceptors (Lipinski definition) is 0. The highest BCUT2D eigenvalue weighted by atomic mass is 31.1. The van der Waals surface area contributed by atoms with E-state index in [9.17, 15) is 13.2 Å². The van der Waals surface area contributed by atoms with E-state index in [-0.39, 0.29) is 0 Å². The third-order valence-electron chi connectivity index (χ3n) is 6.56. The van der Waals surface area contributed by atoms with Crippen molar-refractivity contribution >= 4 is 34.8 Å². The van der Waals surface area contributed by atoms with Crippen LogP contribution >= 0.6 is 7.92 Å². The zero-order valence-corrected chi connectivity index (χ0v) is 18.6. The lowest BCUT2D eigenvalue weighted by atomic mass is 9.88. The normalized spacial score (nSPS) is 14.2. The highest BCUT2D eigenvalue weighted by molar-refractivity contribution is 7.64. The zero-order chi connectivity index (χ0) is 22.6. The van der Waals surface area contributed by atoms with Gasteiger partial charge in [-0.25, -0.2) is 0 Å². The minimum absolute atomic E-state index is 0.589. The molecule has 0 aliphatic carbocycles. The topological polar surface area (TPSA) is 0 Å². The first-order valence-corrected chi connectivity index (χ1v) is 12.6. The van der Waals surface area contributed by atoms with Gasteiger partial charge >= 0.3 is 6.18 Å². The smallest absolute Gasteiger partial charge is 0.166 e. The average molecular weight is 456 g/mol. The number of hydrogen-bond donors (Lipinski definition) is 0. The van der Waals surface area contributed by atoms with Crippen LogP contribution in [0.1, 0.15) is 16.7 Å². The Kier molecular flexibility index (Phi) is 4.78. The van der Waals surface area contributed by atoms with Gasteiger partial charge in [0.1, 0.15) is 0 Å². The van der Waals surface area contributed by atoms with Crippen molar-refractivity contribution in [3.8, 4) is 11.1 Å². The molecule has 0 radical (unpaired) electrons. The molecule has 1 aliphatic rings. The molecule has 0 fully saturated rings. The fraction of sp³-hybridized carbons (Fsp3) is 0.103. The highest BCUT2D eigenvalue weighted by Gasteiger charge is 2.31. The number of rotatable bonds is 1. The summed E-state index contributed by atoms with van der Waals surface area (Å²) in [5, 5.41) is 5.89. The Bertz CT molecular complexity index is 1410. The Labute approximate surface area is 191 Å². The van der Waals surface area contributed by atoms with Crippen LogP contribution in [-0.4, -0.2) is 0 Å². The monoisotopic (exact) mass is 456 g/mol. The molecule has 0 aromatic heterocycles. The summed E-state index contributed by atoms with van der Waals surface area (Å²) in [6.07, 6.45) is -2.61. The maximum atomic E-state index is 13.1. The third kappa shape index (κ3) is 3.52. The fourth-order valence-electron chi connectivity index (χ4n) is 5.00. The van der Waals surface area contributed by atoms with Crippen LogP contribution in [0.15, 0.2) is 97.1 Å². The van der Waals surface area contributed by atoms with Crippen LogP contribution in [-0.2, 0) is 18.5 Å². The van der Waals surface area contributed by atoms with Crippen LogP contribution in [0.4, 0.5) is 13.2 Å². The van der Waals surface area contributed by atoms with Crippen molar-refractivity contribution in [3.63, 3.8) is 0 Å². The van der Waals surface area contributed by atoms with Crippen molar-refractivity contribution in [2.45, 2.75) is 18.5 Å². The highest BCUT2D eigenvalue weighted by Crippen LogP contribution is 2.52. The summed E-state index contributed by atoms with van der Waals surface area (Å²) in [5.74, 6) is 0. The van der Waals surface area contributed by atoms with Crippen LogP contribution in [0.3, 0.4) is 0 Å². The van der Waals surface area contributed by atoms with E-state index in [1.54, 1.807) is 12.1 Å². The van der Waals surface area contributed by atoms with Gasteiger partial charge in [0.25, 0.3) is 0 Å². The van der Waals surface area contributed by atoms with Gasteiger partial charge in [0.15, 0.2) is 0 Å². The van der Waals surface area contributed by atoms with Crippen LogP contribution in [0.5, 0.6) is 0 Å². The molecule has 0 bridgehead atoms. The second-order valence-corrected chi connectivity index (χ2v) is 10.8. The summed E-state index contributed by atoms with van der Waals surface area (Å²) in [6.45, 7) is 0. The van der Waals surface area contributed by atoms with Crippen LogP contribution in [0.2, 0.25) is 0 Å². The van der Waals surface area contributed by atoms with Gasteiger partial charge in [-0.2, -0.15) is 13.2 Å². The molecule has 0 atom stereocenters. The lowest BCUT2D eigenvalue weighted by molar-refractivity contribution is -0.137. The molecule has 5 aromatic carbocycles. The molecule has 162 valence electrons. The molecule has 0 spiro atoms. The molecule has 6 rings (SSSR count). The first kappa shape index (κ1) is 20.4. The molecule has 4 heteroatoms. The van der Waals surface area contributed by atoms with E-state index >= 15 is 0 Å². The summed E-state index contributed by atoms with van der Waals surface area (Å²) in [7, 11) is -0.693. The van der Waals surface area contributed by atoms with Gasteiger partial charge in [-0.1, -0.05) is 92.9 Å². The van der Waals surface area contributed by atoms with Crippen molar-refractivity contribution in [2.75, 3.05) is 0 Å². The summed E-state index contributed by atoms with van der Waals surface area (Å²) in [5.41, 5.74) is 4.51. The second-order valence-electron chi connectivity index (χ2n) is 8.54. The van der Waals surface area contributed by atoms with E-state index in [0.717, 1.165) is 17.6 Å². The van der Waals surface area contributed by atoms with Gasteiger partial charge in [0, 0.05) is 0 Å². The summed E-state index contributed by atoms with van der Waals surface area (Å²) >= 11 is 0. The maximum absolute atomic E-state index is 13.1. The zero-order valence-electron chi connectivity index (χ0n) is 17.7. The molecule has 0 nitrogen and oxygen atoms in total. The van der Waals surface area contributed by atoms with Gasteiger partial charge in [0.2, 0.25) is 0 Å². The molecule has 33 heavy (non-hydrogen) atoms. The van der Waals surface area contributed by atoms with Gasteiger partial charge in [0.05, 0.1) is 5.56 Å². The molecule has 0 saturated carbocycles. The molecule has 0 unspecified atom stereocenters. The van der Waals surface area contributed by atoms with Crippen molar-refractivity contribution in [1.82, 2.24) is 0 Å². The fourth-order valence-corrected chi connectivity index (χ4v) is 7.40. The predicted molar refractivity (Wildman–Crippen MR) is 132 cm³/mol. The summed E-state index contributed by atoms with van der Waals surface area (Å²) in [6, 6.07) is 31.5. The van der Waals surface area contributed by atoms with Gasteiger partial charge in [-0.15, -0.1) is 0 Å². The molecule has 5 aromatic rings. The summed E-state index contributed by atoms with van der Waals surface area (Å²) < 4.78 is 39.4. The minimum atomic E-state index is -4.31. The Balaban J connectivity index is 1.59. The first-order chi connectivity index (χ1) is 16.0. The number of fused-ring (bicyclic) bond motifs is 7. The lowest BCUT2D eigenvalue weighted by Gasteiger charge is -2.18. The summed E-state index contributed by atoms with van der Waals surface area (Å²) in [4.78, 5) is 0. The molecule has 0 saturated heterocycles. The van der Waals surface area contributed by atoms with E-state index in [1.165, 1.54) is 55.9 Å². The molecule has 1 heterocycles. The Morgan fingerprint density at radius 1 is 0.545 bits per heavy atom. The average Bonchev–Trinajstić information content (AvgIpc) is 3.01. The third-order valence-corrected chi connectivity index (χ3v) is 9.04. The first-order valence-electron chi connectivity index (χ1n) is 10.9. The maximum Gasteiger partial charge on any atom is 0.416 e. The Morgan fingerprint density at radius 2 is 1.03 bits per heavy atom. The standard InChI is InChI=1S/C29H20F3P/c30-29(31,32)23-13-15-24(16-14-23)33-17-21-11-9-19-5-1-3-7-25(19)27(21)28-22(18-33)12-10-20-6-2-4-8-26(20)28/h1-16H,17-18H2. The van der Waals surface area contributed by atoms with Crippen molar-refractivity contribution < 1.29 is 13.2 Å². The lowest BCUT2D eigenvalue weighted by Crippen LogP contribution is -2.09.